The van der Waals surface area contributed by atoms with Crippen LogP contribution in [0.4, 0.5) is 0 Å². The van der Waals surface area contributed by atoms with Crippen LogP contribution in [0.3, 0.4) is 0 Å². The Labute approximate surface area is 125 Å². The summed E-state index contributed by atoms with van der Waals surface area (Å²) >= 11 is 1.36. The molecule has 5 nitrogen and oxygen atoms in total. The van der Waals surface area contributed by atoms with Crippen molar-refractivity contribution in [3.8, 4) is 0 Å². The minimum atomic E-state index is -0.291. The Morgan fingerprint density at radius 2 is 2.19 bits per heavy atom. The number of fused-ring (bicyclic) bond motifs is 1. The Bertz CT molecular complexity index is 763. The molecule has 3 rings (SSSR count). The van der Waals surface area contributed by atoms with E-state index in [1.165, 1.54) is 11.3 Å². The molecule has 6 heteroatoms. The lowest BCUT2D eigenvalue weighted by atomic mass is 10.0. The molecule has 0 aromatic carbocycles. The van der Waals surface area contributed by atoms with Gasteiger partial charge in [-0.1, -0.05) is 6.07 Å². The lowest BCUT2D eigenvalue weighted by molar-refractivity contribution is 0.0966. The predicted molar refractivity (Wildman–Crippen MR) is 81.3 cm³/mol. The second-order valence-electron chi connectivity index (χ2n) is 4.69. The minimum Gasteiger partial charge on any atom is -0.354 e. The van der Waals surface area contributed by atoms with E-state index in [0.717, 1.165) is 4.88 Å². The van der Waals surface area contributed by atoms with Gasteiger partial charge in [-0.25, -0.2) is 4.99 Å². The monoisotopic (exact) mass is 299 g/mol. The minimum absolute atomic E-state index is 0.168. The SMILES string of the molecule is CNC(=O)c1sc2c(c1C)C(=O)N=C(c1ccccn1)C2. The third-order valence-corrected chi connectivity index (χ3v) is 4.68. The van der Waals surface area contributed by atoms with Crippen molar-refractivity contribution in [2.75, 3.05) is 7.05 Å². The maximum absolute atomic E-state index is 12.3. The van der Waals surface area contributed by atoms with Gasteiger partial charge >= 0.3 is 0 Å². The number of carbonyl (C=O) groups excluding carboxylic acids is 2. The van der Waals surface area contributed by atoms with Gasteiger partial charge in [-0.3, -0.25) is 14.6 Å². The molecule has 2 amide bonds. The first-order chi connectivity index (χ1) is 10.1. The number of carbonyl (C=O) groups is 2. The molecule has 1 aliphatic rings. The molecule has 0 bridgehead atoms. The second-order valence-corrected chi connectivity index (χ2v) is 5.79. The third kappa shape index (κ3) is 2.27. The summed E-state index contributed by atoms with van der Waals surface area (Å²) < 4.78 is 0. The molecule has 0 saturated carbocycles. The number of hydrogen-bond donors (Lipinski definition) is 1. The van der Waals surface area contributed by atoms with Crippen LogP contribution in [0.25, 0.3) is 0 Å². The molecule has 2 aromatic rings. The van der Waals surface area contributed by atoms with Gasteiger partial charge in [-0.2, -0.15) is 0 Å². The van der Waals surface area contributed by atoms with Crippen LogP contribution in [0.2, 0.25) is 0 Å². The van der Waals surface area contributed by atoms with Crippen molar-refractivity contribution in [2.45, 2.75) is 13.3 Å². The summed E-state index contributed by atoms with van der Waals surface area (Å²) in [4.78, 5) is 34.0. The Balaban J connectivity index is 2.04. The quantitative estimate of drug-likeness (QED) is 0.922. The lowest BCUT2D eigenvalue weighted by Gasteiger charge is -2.11. The fourth-order valence-electron chi connectivity index (χ4n) is 2.36. The lowest BCUT2D eigenvalue weighted by Crippen LogP contribution is -2.18. The number of rotatable bonds is 2. The number of nitrogens with zero attached hydrogens (tertiary/aromatic N) is 2. The van der Waals surface area contributed by atoms with Crippen LogP contribution in [0.5, 0.6) is 0 Å². The Morgan fingerprint density at radius 3 is 2.86 bits per heavy atom. The zero-order valence-electron chi connectivity index (χ0n) is 11.6. The zero-order valence-corrected chi connectivity index (χ0v) is 12.5. The summed E-state index contributed by atoms with van der Waals surface area (Å²) in [6.07, 6.45) is 2.20. The predicted octanol–water partition coefficient (Wildman–Crippen LogP) is 2.00. The van der Waals surface area contributed by atoms with Crippen LogP contribution in [0.1, 0.15) is 36.2 Å². The molecule has 0 saturated heterocycles. The molecule has 21 heavy (non-hydrogen) atoms. The smallest absolute Gasteiger partial charge is 0.278 e. The highest BCUT2D eigenvalue weighted by atomic mass is 32.1. The van der Waals surface area contributed by atoms with Crippen LogP contribution in [-0.2, 0) is 6.42 Å². The maximum Gasteiger partial charge on any atom is 0.278 e. The topological polar surface area (TPSA) is 71.4 Å². The highest BCUT2D eigenvalue weighted by molar-refractivity contribution is 7.14. The Morgan fingerprint density at radius 1 is 1.38 bits per heavy atom. The first kappa shape index (κ1) is 13.6. The first-order valence-corrected chi connectivity index (χ1v) is 7.31. The molecule has 3 heterocycles. The van der Waals surface area contributed by atoms with Crippen molar-refractivity contribution in [3.63, 3.8) is 0 Å². The molecule has 0 atom stereocenters. The normalized spacial score (nSPS) is 13.6. The van der Waals surface area contributed by atoms with Gasteiger partial charge in [0, 0.05) is 24.5 Å². The molecule has 2 aromatic heterocycles. The fourth-order valence-corrected chi connectivity index (χ4v) is 3.61. The summed E-state index contributed by atoms with van der Waals surface area (Å²) in [7, 11) is 1.58. The maximum atomic E-state index is 12.3. The second kappa shape index (κ2) is 5.21. The van der Waals surface area contributed by atoms with E-state index in [9.17, 15) is 9.59 Å². The Kier molecular flexibility index (Phi) is 3.39. The van der Waals surface area contributed by atoms with Crippen molar-refractivity contribution in [3.05, 3.63) is 51.0 Å². The number of aromatic nitrogens is 1. The van der Waals surface area contributed by atoms with Crippen LogP contribution < -0.4 is 5.32 Å². The van der Waals surface area contributed by atoms with Crippen LogP contribution in [0.15, 0.2) is 29.4 Å². The summed E-state index contributed by atoms with van der Waals surface area (Å²) in [6, 6.07) is 5.51. The number of pyridine rings is 1. The van der Waals surface area contributed by atoms with Crippen molar-refractivity contribution < 1.29 is 9.59 Å². The number of amides is 2. The van der Waals surface area contributed by atoms with Crippen LogP contribution in [-0.4, -0.2) is 29.6 Å². The molecular weight excluding hydrogens is 286 g/mol. The first-order valence-electron chi connectivity index (χ1n) is 6.49. The van der Waals surface area contributed by atoms with Gasteiger partial charge in [0.2, 0.25) is 0 Å². The number of hydrogen-bond acceptors (Lipinski definition) is 4. The summed E-state index contributed by atoms with van der Waals surface area (Å²) in [5.74, 6) is -0.458. The van der Waals surface area contributed by atoms with E-state index in [-0.39, 0.29) is 11.8 Å². The van der Waals surface area contributed by atoms with E-state index in [4.69, 9.17) is 0 Å². The molecule has 0 spiro atoms. The summed E-state index contributed by atoms with van der Waals surface area (Å²) in [5.41, 5.74) is 2.63. The average molecular weight is 299 g/mol. The Hall–Kier alpha value is -2.34. The van der Waals surface area contributed by atoms with E-state index in [0.29, 0.717) is 33.8 Å². The number of aliphatic imine (C=N–C) groups is 1. The van der Waals surface area contributed by atoms with E-state index >= 15 is 0 Å². The highest BCUT2D eigenvalue weighted by Gasteiger charge is 2.28. The zero-order chi connectivity index (χ0) is 15.0. The summed E-state index contributed by atoms with van der Waals surface area (Å²) in [5, 5.41) is 2.60. The molecule has 0 unspecified atom stereocenters. The van der Waals surface area contributed by atoms with E-state index in [1.807, 2.05) is 18.2 Å². The highest BCUT2D eigenvalue weighted by Crippen LogP contribution is 2.32. The molecule has 1 N–H and O–H groups in total. The van der Waals surface area contributed by atoms with E-state index < -0.39 is 0 Å². The standard InChI is InChI=1S/C15H13N3O2S/c1-8-12-11(21-13(8)15(20)16-2)7-10(18-14(12)19)9-5-3-4-6-17-9/h3-6H,7H2,1-2H3,(H,16,20). The van der Waals surface area contributed by atoms with Gasteiger partial charge in [0.1, 0.15) is 0 Å². The van der Waals surface area contributed by atoms with Crippen LogP contribution in [0, 0.1) is 6.92 Å². The van der Waals surface area contributed by atoms with Crippen molar-refractivity contribution in [2.24, 2.45) is 4.99 Å². The largest absolute Gasteiger partial charge is 0.354 e. The molecule has 1 aliphatic heterocycles. The van der Waals surface area contributed by atoms with Crippen molar-refractivity contribution >= 4 is 28.9 Å². The van der Waals surface area contributed by atoms with E-state index in [2.05, 4.69) is 15.3 Å². The van der Waals surface area contributed by atoms with Crippen molar-refractivity contribution in [1.82, 2.24) is 10.3 Å². The molecule has 0 radical (unpaired) electrons. The van der Waals surface area contributed by atoms with Gasteiger partial charge in [-0.05, 0) is 24.6 Å². The number of thiophene rings is 1. The third-order valence-electron chi connectivity index (χ3n) is 3.39. The number of nitrogens with one attached hydrogen (secondary N) is 1. The fraction of sp³-hybridized carbons (Fsp3) is 0.200. The van der Waals surface area contributed by atoms with Gasteiger partial charge in [0.05, 0.1) is 21.8 Å². The molecular formula is C15H13N3O2S. The van der Waals surface area contributed by atoms with Gasteiger partial charge in [-0.15, -0.1) is 11.3 Å². The van der Waals surface area contributed by atoms with Crippen molar-refractivity contribution in [1.29, 1.82) is 0 Å². The molecule has 0 fully saturated rings. The van der Waals surface area contributed by atoms with Gasteiger partial charge in [0.15, 0.2) is 0 Å². The van der Waals surface area contributed by atoms with Crippen LogP contribution >= 0.6 is 11.3 Å². The molecule has 106 valence electrons. The average Bonchev–Trinajstić information content (AvgIpc) is 2.85. The molecule has 0 aliphatic carbocycles. The van der Waals surface area contributed by atoms with Gasteiger partial charge < -0.3 is 5.32 Å². The van der Waals surface area contributed by atoms with Gasteiger partial charge in [0.25, 0.3) is 11.8 Å². The summed E-state index contributed by atoms with van der Waals surface area (Å²) in [6.45, 7) is 1.79. The van der Waals surface area contributed by atoms with E-state index in [1.54, 1.807) is 20.2 Å².